The summed E-state index contributed by atoms with van der Waals surface area (Å²) in [5, 5.41) is 10.6. The Balaban J connectivity index is 1.75. The molecule has 0 atom stereocenters. The van der Waals surface area contributed by atoms with Crippen LogP contribution in [0.4, 0.5) is 0 Å². The molecule has 35 heavy (non-hydrogen) atoms. The van der Waals surface area contributed by atoms with Gasteiger partial charge in [0.2, 0.25) is 0 Å². The lowest BCUT2D eigenvalue weighted by Gasteiger charge is -2.27. The van der Waals surface area contributed by atoms with Gasteiger partial charge in [0.15, 0.2) is 0 Å². The van der Waals surface area contributed by atoms with Gasteiger partial charge in [0.1, 0.15) is 24.0 Å². The number of hydrogen-bond donors (Lipinski definition) is 0. The summed E-state index contributed by atoms with van der Waals surface area (Å²) in [4.78, 5) is 27.0. The molecule has 1 aliphatic rings. The van der Waals surface area contributed by atoms with Crippen LogP contribution < -0.4 is 4.74 Å². The minimum absolute atomic E-state index is 0.0274. The summed E-state index contributed by atoms with van der Waals surface area (Å²) in [6.07, 6.45) is 2.23. The van der Waals surface area contributed by atoms with E-state index in [1.807, 2.05) is 26.0 Å². The highest BCUT2D eigenvalue weighted by atomic mass is 35.5. The molecule has 3 rings (SSSR count). The summed E-state index contributed by atoms with van der Waals surface area (Å²) in [5.74, 6) is -0.366. The number of carbonyl (C=O) groups is 2. The normalized spacial score (nSPS) is 15.2. The van der Waals surface area contributed by atoms with Gasteiger partial charge in [0.05, 0.1) is 6.10 Å². The van der Waals surface area contributed by atoms with E-state index < -0.39 is 11.8 Å². The lowest BCUT2D eigenvalue weighted by Crippen LogP contribution is -2.43. The first-order valence-corrected chi connectivity index (χ1v) is 11.9. The van der Waals surface area contributed by atoms with Crippen molar-refractivity contribution in [1.29, 1.82) is 5.26 Å². The van der Waals surface area contributed by atoms with E-state index in [-0.39, 0.29) is 24.8 Å². The number of halogens is 2. The summed E-state index contributed by atoms with van der Waals surface area (Å²) >= 11 is 12.1. The number of nitrogens with zero attached hydrogens (tertiary/aromatic N) is 2. The molecular formula is C27H26Cl2N2O4. The van der Waals surface area contributed by atoms with Crippen molar-refractivity contribution >= 4 is 41.1 Å². The van der Waals surface area contributed by atoms with Crippen molar-refractivity contribution < 1.29 is 19.1 Å². The van der Waals surface area contributed by atoms with Crippen molar-refractivity contribution in [3.8, 4) is 11.8 Å². The van der Waals surface area contributed by atoms with E-state index in [2.05, 4.69) is 0 Å². The Morgan fingerprint density at radius 2 is 1.80 bits per heavy atom. The smallest absolute Gasteiger partial charge is 0.271 e. The number of rotatable bonds is 9. The third kappa shape index (κ3) is 6.73. The monoisotopic (exact) mass is 512 g/mol. The zero-order valence-electron chi connectivity index (χ0n) is 19.8. The number of imide groups is 1. The fourth-order valence-corrected chi connectivity index (χ4v) is 3.96. The second-order valence-corrected chi connectivity index (χ2v) is 9.14. The number of hydrogen-bond acceptors (Lipinski definition) is 5. The highest BCUT2D eigenvalue weighted by molar-refractivity contribution is 6.35. The van der Waals surface area contributed by atoms with E-state index in [1.165, 1.54) is 0 Å². The highest BCUT2D eigenvalue weighted by Gasteiger charge is 2.35. The van der Waals surface area contributed by atoms with E-state index in [9.17, 15) is 14.9 Å². The molecule has 0 unspecified atom stereocenters. The molecule has 182 valence electrons. The minimum atomic E-state index is -0.568. The summed E-state index contributed by atoms with van der Waals surface area (Å²) in [5.41, 5.74) is 2.20. The average molecular weight is 513 g/mol. The molecule has 6 nitrogen and oxygen atoms in total. The van der Waals surface area contributed by atoms with Gasteiger partial charge in [-0.1, -0.05) is 41.4 Å². The predicted octanol–water partition coefficient (Wildman–Crippen LogP) is 5.98. The van der Waals surface area contributed by atoms with E-state index in [0.717, 1.165) is 16.0 Å². The number of amides is 2. The third-order valence-electron chi connectivity index (χ3n) is 5.40. The Kier molecular flexibility index (Phi) is 9.11. The fourth-order valence-electron chi connectivity index (χ4n) is 3.50. The Morgan fingerprint density at radius 1 is 1.09 bits per heavy atom. The van der Waals surface area contributed by atoms with Crippen LogP contribution in [0.5, 0.6) is 5.75 Å². The molecule has 0 aliphatic carbocycles. The van der Waals surface area contributed by atoms with Gasteiger partial charge in [-0.15, -0.1) is 0 Å². The Hall–Kier alpha value is -3.11. The van der Waals surface area contributed by atoms with Gasteiger partial charge in [0, 0.05) is 34.3 Å². The van der Waals surface area contributed by atoms with Crippen LogP contribution in [0.25, 0.3) is 6.08 Å². The van der Waals surface area contributed by atoms with Gasteiger partial charge < -0.3 is 9.47 Å². The van der Waals surface area contributed by atoms with Gasteiger partial charge in [-0.05, 0) is 68.7 Å². The van der Waals surface area contributed by atoms with E-state index in [0.29, 0.717) is 40.0 Å². The molecule has 0 bridgehead atoms. The Labute approximate surface area is 215 Å². The first-order chi connectivity index (χ1) is 16.7. The lowest BCUT2D eigenvalue weighted by atomic mass is 9.93. The molecule has 2 aromatic carbocycles. The zero-order chi connectivity index (χ0) is 25.5. The number of nitriles is 1. The van der Waals surface area contributed by atoms with Crippen molar-refractivity contribution in [3.05, 3.63) is 80.4 Å². The molecule has 2 amide bonds. The van der Waals surface area contributed by atoms with Gasteiger partial charge in [-0.2, -0.15) is 5.26 Å². The highest BCUT2D eigenvalue weighted by Crippen LogP contribution is 2.28. The molecular weight excluding hydrogens is 487 g/mol. The number of ether oxygens (including phenoxy) is 2. The second kappa shape index (κ2) is 12.0. The molecule has 0 saturated heterocycles. The largest absolute Gasteiger partial charge is 0.489 e. The van der Waals surface area contributed by atoms with Crippen molar-refractivity contribution in [2.24, 2.45) is 0 Å². The maximum atomic E-state index is 13.1. The Morgan fingerprint density at radius 3 is 2.43 bits per heavy atom. The molecule has 0 saturated carbocycles. The topological polar surface area (TPSA) is 79.6 Å². The van der Waals surface area contributed by atoms with Crippen LogP contribution >= 0.6 is 23.2 Å². The molecule has 2 aromatic rings. The zero-order valence-corrected chi connectivity index (χ0v) is 21.3. The van der Waals surface area contributed by atoms with E-state index in [4.69, 9.17) is 32.7 Å². The van der Waals surface area contributed by atoms with Crippen molar-refractivity contribution in [1.82, 2.24) is 4.90 Å². The quantitative estimate of drug-likeness (QED) is 0.234. The SMILES string of the molecule is CC1=C(C#N)C(=O)N(CCCOC(C)C)C(=O)/C1=C/c1ccc(OCc2ccc(Cl)cc2Cl)cc1. The van der Waals surface area contributed by atoms with Crippen LogP contribution in [0, 0.1) is 11.3 Å². The molecule has 1 aliphatic heterocycles. The van der Waals surface area contributed by atoms with Crippen LogP contribution in [0.2, 0.25) is 10.0 Å². The standard InChI is InChI=1S/C27H26Cl2N2O4/c1-17(2)34-12-4-11-31-26(32)23(18(3)24(15-30)27(31)33)13-19-5-9-22(10-6-19)35-16-20-7-8-21(28)14-25(20)29/h5-10,13-14,17H,4,11-12,16H2,1-3H3/b23-13+. The molecule has 0 spiro atoms. The van der Waals surface area contributed by atoms with Crippen molar-refractivity contribution in [2.45, 2.75) is 39.9 Å². The van der Waals surface area contributed by atoms with Crippen molar-refractivity contribution in [3.63, 3.8) is 0 Å². The minimum Gasteiger partial charge on any atom is -0.489 e. The molecule has 0 N–H and O–H groups in total. The number of carbonyl (C=O) groups excluding carboxylic acids is 2. The maximum absolute atomic E-state index is 13.1. The first-order valence-electron chi connectivity index (χ1n) is 11.2. The molecule has 0 fully saturated rings. The van der Waals surface area contributed by atoms with Gasteiger partial charge in [-0.3, -0.25) is 14.5 Å². The Bertz CT molecular complexity index is 1210. The molecule has 8 heteroatoms. The van der Waals surface area contributed by atoms with Crippen LogP contribution in [0.3, 0.4) is 0 Å². The van der Waals surface area contributed by atoms with Crippen LogP contribution in [0.15, 0.2) is 59.2 Å². The lowest BCUT2D eigenvalue weighted by molar-refractivity contribution is -0.140. The summed E-state index contributed by atoms with van der Waals surface area (Å²) in [7, 11) is 0. The first kappa shape index (κ1) is 26.5. The van der Waals surface area contributed by atoms with Gasteiger partial charge >= 0.3 is 0 Å². The molecule has 0 radical (unpaired) electrons. The van der Waals surface area contributed by atoms with E-state index >= 15 is 0 Å². The number of benzene rings is 2. The van der Waals surface area contributed by atoms with Crippen molar-refractivity contribution in [2.75, 3.05) is 13.2 Å². The van der Waals surface area contributed by atoms with Crippen LogP contribution in [-0.2, 0) is 20.9 Å². The predicted molar refractivity (Wildman–Crippen MR) is 136 cm³/mol. The summed E-state index contributed by atoms with van der Waals surface area (Å²) < 4.78 is 11.3. The van der Waals surface area contributed by atoms with Gasteiger partial charge in [0.25, 0.3) is 11.8 Å². The summed E-state index contributed by atoms with van der Waals surface area (Å²) in [6.45, 7) is 6.33. The maximum Gasteiger partial charge on any atom is 0.271 e. The van der Waals surface area contributed by atoms with Crippen LogP contribution in [0.1, 0.15) is 38.3 Å². The van der Waals surface area contributed by atoms with E-state index in [1.54, 1.807) is 49.4 Å². The third-order valence-corrected chi connectivity index (χ3v) is 5.99. The average Bonchev–Trinajstić information content (AvgIpc) is 2.81. The summed E-state index contributed by atoms with van der Waals surface area (Å²) in [6, 6.07) is 14.3. The second-order valence-electron chi connectivity index (χ2n) is 8.30. The molecule has 1 heterocycles. The van der Waals surface area contributed by atoms with Crippen LogP contribution in [-0.4, -0.2) is 36.0 Å². The fraction of sp³-hybridized carbons (Fsp3) is 0.296. The molecule has 0 aromatic heterocycles. The van der Waals surface area contributed by atoms with Gasteiger partial charge in [-0.25, -0.2) is 0 Å².